The van der Waals surface area contributed by atoms with Crippen LogP contribution in [0.25, 0.3) is 0 Å². The van der Waals surface area contributed by atoms with Gasteiger partial charge in [0.05, 0.1) is 11.2 Å². The Balaban J connectivity index is 2.04. The lowest BCUT2D eigenvalue weighted by Gasteiger charge is -2.55. The normalized spacial score (nSPS) is 54.8. The molecule has 0 aromatic heterocycles. The highest BCUT2D eigenvalue weighted by Gasteiger charge is 2.65. The smallest absolute Gasteiger partial charge is 0.0772 e. The van der Waals surface area contributed by atoms with E-state index in [9.17, 15) is 0 Å². The Morgan fingerprint density at radius 2 is 1.81 bits per heavy atom. The molecule has 4 atom stereocenters. The van der Waals surface area contributed by atoms with Gasteiger partial charge < -0.3 is 4.74 Å². The van der Waals surface area contributed by atoms with Crippen molar-refractivity contribution in [1.82, 2.24) is 0 Å². The van der Waals surface area contributed by atoms with Crippen molar-refractivity contribution in [3.63, 3.8) is 0 Å². The first kappa shape index (κ1) is 11.1. The minimum absolute atomic E-state index is 0.128. The molecule has 1 spiro atoms. The van der Waals surface area contributed by atoms with Crippen molar-refractivity contribution in [3.8, 4) is 0 Å². The van der Waals surface area contributed by atoms with E-state index in [4.69, 9.17) is 4.74 Å². The second-order valence-electron chi connectivity index (χ2n) is 7.39. The van der Waals surface area contributed by atoms with Crippen LogP contribution in [0.2, 0.25) is 0 Å². The Bertz CT molecular complexity index is 309. The molecule has 0 unspecified atom stereocenters. The minimum atomic E-state index is 0.128. The van der Waals surface area contributed by atoms with Crippen molar-refractivity contribution in [2.75, 3.05) is 0 Å². The summed E-state index contributed by atoms with van der Waals surface area (Å²) in [5.74, 6) is 1.57. The van der Waals surface area contributed by atoms with Gasteiger partial charge in [0.2, 0.25) is 0 Å². The van der Waals surface area contributed by atoms with Crippen LogP contribution in [0.5, 0.6) is 0 Å². The Labute approximate surface area is 99.9 Å². The fourth-order valence-electron chi connectivity index (χ4n) is 4.99. The molecule has 0 aromatic rings. The maximum Gasteiger partial charge on any atom is 0.0772 e. The van der Waals surface area contributed by atoms with Gasteiger partial charge >= 0.3 is 0 Å². The highest BCUT2D eigenvalue weighted by atomic mass is 16.5. The van der Waals surface area contributed by atoms with Gasteiger partial charge in [0.25, 0.3) is 0 Å². The largest absolute Gasteiger partial charge is 0.368 e. The Hall–Kier alpha value is -0.0400. The average molecular weight is 222 g/mol. The van der Waals surface area contributed by atoms with Crippen molar-refractivity contribution in [3.05, 3.63) is 0 Å². The molecule has 16 heavy (non-hydrogen) atoms. The van der Waals surface area contributed by atoms with Crippen molar-refractivity contribution in [2.24, 2.45) is 17.3 Å². The molecule has 2 bridgehead atoms. The SMILES string of the molecule is C[C@@H]1CCC[C@]2(C)CC[C@@H]3C[C@@]12OC3(C)C. The molecule has 0 amide bonds. The van der Waals surface area contributed by atoms with Gasteiger partial charge in [-0.15, -0.1) is 0 Å². The molecular formula is C15H26O. The summed E-state index contributed by atoms with van der Waals surface area (Å²) in [6, 6.07) is 0. The lowest BCUT2D eigenvalue weighted by atomic mass is 9.53. The zero-order valence-corrected chi connectivity index (χ0v) is 11.3. The van der Waals surface area contributed by atoms with Crippen molar-refractivity contribution < 1.29 is 4.74 Å². The average Bonchev–Trinajstić information content (AvgIpc) is 2.42. The molecule has 0 aromatic carbocycles. The van der Waals surface area contributed by atoms with Crippen molar-refractivity contribution in [2.45, 2.75) is 77.4 Å². The third-order valence-electron chi connectivity index (χ3n) is 6.21. The topological polar surface area (TPSA) is 9.23 Å². The van der Waals surface area contributed by atoms with Crippen LogP contribution in [-0.4, -0.2) is 11.2 Å². The number of rotatable bonds is 0. The van der Waals surface area contributed by atoms with Gasteiger partial charge in [-0.05, 0) is 63.2 Å². The summed E-state index contributed by atoms with van der Waals surface area (Å²) in [6.07, 6.45) is 8.29. The minimum Gasteiger partial charge on any atom is -0.368 e. The summed E-state index contributed by atoms with van der Waals surface area (Å²) < 4.78 is 6.68. The van der Waals surface area contributed by atoms with Crippen LogP contribution in [0.3, 0.4) is 0 Å². The van der Waals surface area contributed by atoms with Gasteiger partial charge in [-0.25, -0.2) is 0 Å². The second-order valence-corrected chi connectivity index (χ2v) is 7.39. The van der Waals surface area contributed by atoms with Crippen LogP contribution >= 0.6 is 0 Å². The Kier molecular flexibility index (Phi) is 2.11. The van der Waals surface area contributed by atoms with E-state index in [1.165, 1.54) is 38.5 Å². The van der Waals surface area contributed by atoms with E-state index < -0.39 is 0 Å². The summed E-state index contributed by atoms with van der Waals surface area (Å²) in [6.45, 7) is 9.57. The monoisotopic (exact) mass is 222 g/mol. The molecule has 92 valence electrons. The maximum atomic E-state index is 6.68. The van der Waals surface area contributed by atoms with Crippen LogP contribution in [0.15, 0.2) is 0 Å². The fraction of sp³-hybridized carbons (Fsp3) is 1.00. The van der Waals surface area contributed by atoms with Crippen LogP contribution in [0.4, 0.5) is 0 Å². The zero-order chi connectivity index (χ0) is 11.6. The van der Waals surface area contributed by atoms with Gasteiger partial charge in [-0.2, -0.15) is 0 Å². The second kappa shape index (κ2) is 3.04. The zero-order valence-electron chi connectivity index (χ0n) is 11.3. The molecule has 0 N–H and O–H groups in total. The van der Waals surface area contributed by atoms with Crippen LogP contribution in [0, 0.1) is 17.3 Å². The third kappa shape index (κ3) is 1.16. The van der Waals surface area contributed by atoms with E-state index in [2.05, 4.69) is 27.7 Å². The molecule has 1 heterocycles. The molecular weight excluding hydrogens is 196 g/mol. The number of fused-ring (bicyclic) bond motifs is 1. The first-order valence-corrected chi connectivity index (χ1v) is 7.10. The molecule has 2 aliphatic carbocycles. The van der Waals surface area contributed by atoms with Crippen molar-refractivity contribution in [1.29, 1.82) is 0 Å². The highest BCUT2D eigenvalue weighted by molar-refractivity contribution is 5.14. The Morgan fingerprint density at radius 1 is 1.06 bits per heavy atom. The summed E-state index contributed by atoms with van der Waals surface area (Å²) in [5, 5.41) is 0. The molecule has 1 aliphatic heterocycles. The van der Waals surface area contributed by atoms with E-state index in [1.807, 2.05) is 0 Å². The molecule has 3 fully saturated rings. The summed E-state index contributed by atoms with van der Waals surface area (Å²) in [5.41, 5.74) is 0.815. The molecule has 3 rings (SSSR count). The third-order valence-corrected chi connectivity index (χ3v) is 6.21. The first-order chi connectivity index (χ1) is 7.40. The molecule has 1 nitrogen and oxygen atoms in total. The highest BCUT2D eigenvalue weighted by Crippen LogP contribution is 2.65. The van der Waals surface area contributed by atoms with E-state index >= 15 is 0 Å². The lowest BCUT2D eigenvalue weighted by molar-refractivity contribution is -0.192. The molecule has 2 saturated carbocycles. The van der Waals surface area contributed by atoms with Crippen LogP contribution in [0.1, 0.15) is 66.2 Å². The summed E-state index contributed by atoms with van der Waals surface area (Å²) in [7, 11) is 0. The van der Waals surface area contributed by atoms with Gasteiger partial charge in [0.1, 0.15) is 0 Å². The van der Waals surface area contributed by atoms with E-state index in [0.29, 0.717) is 5.41 Å². The molecule has 0 radical (unpaired) electrons. The first-order valence-electron chi connectivity index (χ1n) is 7.10. The molecule has 1 heteroatoms. The molecule has 3 aliphatic rings. The van der Waals surface area contributed by atoms with Crippen LogP contribution in [-0.2, 0) is 4.74 Å². The number of ether oxygens (including phenoxy) is 1. The standard InChI is InChI=1S/C15H26O/c1-11-6-5-8-14(4)9-7-12-10-15(11,14)16-13(12,2)3/h11-12H,5-10H2,1-4H3/t11-,12-,14-,15-/m1/s1. The van der Waals surface area contributed by atoms with Gasteiger partial charge in [0, 0.05) is 0 Å². The number of hydrogen-bond acceptors (Lipinski definition) is 1. The van der Waals surface area contributed by atoms with Crippen molar-refractivity contribution >= 4 is 0 Å². The van der Waals surface area contributed by atoms with Crippen LogP contribution < -0.4 is 0 Å². The fourth-order valence-corrected chi connectivity index (χ4v) is 4.99. The maximum absolute atomic E-state index is 6.68. The van der Waals surface area contributed by atoms with E-state index in [-0.39, 0.29) is 11.2 Å². The predicted molar refractivity (Wildman–Crippen MR) is 66.4 cm³/mol. The van der Waals surface area contributed by atoms with Gasteiger partial charge in [-0.1, -0.05) is 20.3 Å². The Morgan fingerprint density at radius 3 is 2.56 bits per heavy atom. The molecule has 1 saturated heterocycles. The summed E-state index contributed by atoms with van der Waals surface area (Å²) in [4.78, 5) is 0. The van der Waals surface area contributed by atoms with Gasteiger partial charge in [0.15, 0.2) is 0 Å². The predicted octanol–water partition coefficient (Wildman–Crippen LogP) is 4.16. The number of hydrogen-bond donors (Lipinski definition) is 0. The summed E-state index contributed by atoms with van der Waals surface area (Å²) >= 11 is 0. The van der Waals surface area contributed by atoms with E-state index in [1.54, 1.807) is 0 Å². The van der Waals surface area contributed by atoms with Gasteiger partial charge in [-0.3, -0.25) is 0 Å². The lowest BCUT2D eigenvalue weighted by Crippen LogP contribution is -2.55. The quantitative estimate of drug-likeness (QED) is 0.598. The van der Waals surface area contributed by atoms with E-state index in [0.717, 1.165) is 11.8 Å².